The van der Waals surface area contributed by atoms with Crippen molar-refractivity contribution >= 4 is 5.97 Å². The SMILES string of the molecule is C=CC=CCC=CCC=CCCC#COC=CCCC(=O)O. The summed E-state index contributed by atoms with van der Waals surface area (Å²) in [6, 6.07) is 0. The van der Waals surface area contributed by atoms with Gasteiger partial charge in [-0.25, -0.2) is 0 Å². The van der Waals surface area contributed by atoms with E-state index in [1.807, 2.05) is 6.08 Å². The summed E-state index contributed by atoms with van der Waals surface area (Å²) >= 11 is 0. The van der Waals surface area contributed by atoms with Gasteiger partial charge in [0.1, 0.15) is 6.11 Å². The van der Waals surface area contributed by atoms with Crippen LogP contribution in [0.15, 0.2) is 61.4 Å². The molecule has 0 aliphatic heterocycles. The minimum atomic E-state index is -0.814. The minimum Gasteiger partial charge on any atom is -0.481 e. The number of allylic oxidation sites excluding steroid dienone is 8. The lowest BCUT2D eigenvalue weighted by atomic mass is 10.2. The van der Waals surface area contributed by atoms with Gasteiger partial charge in [0.2, 0.25) is 0 Å². The first-order chi connectivity index (χ1) is 10.8. The molecule has 118 valence electrons. The van der Waals surface area contributed by atoms with Crippen LogP contribution in [-0.4, -0.2) is 11.1 Å². The predicted octanol–water partition coefficient (Wildman–Crippen LogP) is 4.76. The predicted molar refractivity (Wildman–Crippen MR) is 91.0 cm³/mol. The molecule has 0 fully saturated rings. The van der Waals surface area contributed by atoms with Crippen molar-refractivity contribution in [1.29, 1.82) is 0 Å². The van der Waals surface area contributed by atoms with Crippen molar-refractivity contribution in [2.24, 2.45) is 0 Å². The second kappa shape index (κ2) is 16.6. The molecule has 0 aromatic carbocycles. The normalized spacial score (nSPS) is 11.3. The molecule has 1 N–H and O–H groups in total. The van der Waals surface area contributed by atoms with E-state index in [2.05, 4.69) is 49.0 Å². The first-order valence-electron chi connectivity index (χ1n) is 7.35. The molecular weight excluding hydrogens is 276 g/mol. The fraction of sp³-hybridized carbons (Fsp3) is 0.316. The van der Waals surface area contributed by atoms with E-state index in [9.17, 15) is 4.79 Å². The smallest absolute Gasteiger partial charge is 0.303 e. The fourth-order valence-electron chi connectivity index (χ4n) is 1.34. The summed E-state index contributed by atoms with van der Waals surface area (Å²) in [6.45, 7) is 3.61. The van der Waals surface area contributed by atoms with Crippen molar-refractivity contribution in [1.82, 2.24) is 0 Å². The number of carboxylic acid groups (broad SMARTS) is 1. The molecule has 0 atom stereocenters. The van der Waals surface area contributed by atoms with Gasteiger partial charge in [0, 0.05) is 12.8 Å². The van der Waals surface area contributed by atoms with Crippen LogP contribution in [0.2, 0.25) is 0 Å². The highest BCUT2D eigenvalue weighted by molar-refractivity contribution is 5.66. The number of carbonyl (C=O) groups is 1. The molecule has 0 saturated carbocycles. The van der Waals surface area contributed by atoms with Crippen LogP contribution in [0.4, 0.5) is 0 Å². The fourth-order valence-corrected chi connectivity index (χ4v) is 1.34. The van der Waals surface area contributed by atoms with Gasteiger partial charge in [0.15, 0.2) is 0 Å². The number of aliphatic carboxylic acids is 1. The Hall–Kier alpha value is -2.47. The Morgan fingerprint density at radius 1 is 1.05 bits per heavy atom. The highest BCUT2D eigenvalue weighted by atomic mass is 16.5. The topological polar surface area (TPSA) is 46.5 Å². The molecule has 3 heteroatoms. The van der Waals surface area contributed by atoms with Crippen molar-refractivity contribution in [3.05, 3.63) is 61.4 Å². The lowest BCUT2D eigenvalue weighted by Gasteiger charge is -1.87. The maximum atomic E-state index is 10.2. The van der Waals surface area contributed by atoms with Crippen LogP contribution in [0.25, 0.3) is 0 Å². The molecule has 0 unspecified atom stereocenters. The summed E-state index contributed by atoms with van der Waals surface area (Å²) in [4.78, 5) is 10.2. The standard InChI is InChI=1S/C19H24O3/c1-2-3-4-5-6-7-8-9-10-11-12-14-17-22-18-15-13-16-19(20)21/h2-4,6-7,9-10,15,18H,1,5,8,11-13,16H2,(H,20,21). The van der Waals surface area contributed by atoms with Crippen molar-refractivity contribution in [3.8, 4) is 12.0 Å². The molecule has 0 aromatic rings. The summed E-state index contributed by atoms with van der Waals surface area (Å²) in [5.74, 6) is 2.07. The molecule has 0 spiro atoms. The maximum Gasteiger partial charge on any atom is 0.303 e. The Labute approximate surface area is 133 Å². The van der Waals surface area contributed by atoms with Crippen molar-refractivity contribution in [3.63, 3.8) is 0 Å². The lowest BCUT2D eigenvalue weighted by molar-refractivity contribution is -0.136. The number of unbranched alkanes of at least 4 members (excludes halogenated alkanes) is 1. The van der Waals surface area contributed by atoms with E-state index in [1.54, 1.807) is 12.2 Å². The molecule has 0 heterocycles. The van der Waals surface area contributed by atoms with Gasteiger partial charge in [-0.05, 0) is 31.8 Å². The first-order valence-corrected chi connectivity index (χ1v) is 7.35. The molecule has 3 nitrogen and oxygen atoms in total. The van der Waals surface area contributed by atoms with Crippen LogP contribution in [0.1, 0.15) is 38.5 Å². The summed E-state index contributed by atoms with van der Waals surface area (Å²) in [6.07, 6.45) is 23.9. The molecule has 0 aliphatic rings. The van der Waals surface area contributed by atoms with Gasteiger partial charge in [-0.15, -0.1) is 0 Å². The minimum absolute atomic E-state index is 0.108. The zero-order valence-electron chi connectivity index (χ0n) is 12.9. The van der Waals surface area contributed by atoms with Crippen molar-refractivity contribution in [2.75, 3.05) is 0 Å². The van der Waals surface area contributed by atoms with Crippen LogP contribution in [-0.2, 0) is 9.53 Å². The number of hydrogen-bond acceptors (Lipinski definition) is 2. The molecule has 0 radical (unpaired) electrons. The summed E-state index contributed by atoms with van der Waals surface area (Å²) in [5, 5.41) is 8.42. The Kier molecular flexibility index (Phi) is 14.7. The Bertz CT molecular complexity index is 471. The summed E-state index contributed by atoms with van der Waals surface area (Å²) < 4.78 is 4.92. The van der Waals surface area contributed by atoms with E-state index in [-0.39, 0.29) is 6.42 Å². The van der Waals surface area contributed by atoms with Crippen LogP contribution < -0.4 is 0 Å². The molecule has 0 aliphatic carbocycles. The van der Waals surface area contributed by atoms with Crippen LogP contribution >= 0.6 is 0 Å². The molecule has 0 amide bonds. The number of hydrogen-bond donors (Lipinski definition) is 1. The van der Waals surface area contributed by atoms with Gasteiger partial charge in [0.05, 0.1) is 6.26 Å². The number of ether oxygens (including phenoxy) is 1. The van der Waals surface area contributed by atoms with E-state index >= 15 is 0 Å². The monoisotopic (exact) mass is 300 g/mol. The van der Waals surface area contributed by atoms with Gasteiger partial charge in [-0.1, -0.05) is 55.0 Å². The summed E-state index contributed by atoms with van der Waals surface area (Å²) in [7, 11) is 0. The van der Waals surface area contributed by atoms with E-state index < -0.39 is 5.97 Å². The van der Waals surface area contributed by atoms with Gasteiger partial charge < -0.3 is 9.84 Å². The average Bonchev–Trinajstić information content (AvgIpc) is 2.50. The third-order valence-electron chi connectivity index (χ3n) is 2.41. The number of carboxylic acids is 1. The molecule has 0 bridgehead atoms. The van der Waals surface area contributed by atoms with Gasteiger partial charge in [-0.2, -0.15) is 0 Å². The second-order valence-corrected chi connectivity index (χ2v) is 4.32. The van der Waals surface area contributed by atoms with Crippen LogP contribution in [0, 0.1) is 12.0 Å². The van der Waals surface area contributed by atoms with Crippen molar-refractivity contribution in [2.45, 2.75) is 38.5 Å². The highest BCUT2D eigenvalue weighted by Crippen LogP contribution is 1.95. The highest BCUT2D eigenvalue weighted by Gasteiger charge is 1.90. The Morgan fingerprint density at radius 2 is 1.77 bits per heavy atom. The van der Waals surface area contributed by atoms with Crippen LogP contribution in [0.3, 0.4) is 0 Å². The van der Waals surface area contributed by atoms with E-state index in [0.29, 0.717) is 6.42 Å². The van der Waals surface area contributed by atoms with E-state index in [4.69, 9.17) is 9.84 Å². The zero-order chi connectivity index (χ0) is 16.3. The third-order valence-corrected chi connectivity index (χ3v) is 2.41. The third kappa shape index (κ3) is 17.5. The van der Waals surface area contributed by atoms with E-state index in [1.165, 1.54) is 6.26 Å². The summed E-state index contributed by atoms with van der Waals surface area (Å²) in [5.41, 5.74) is 0. The molecular formula is C19H24O3. The lowest BCUT2D eigenvalue weighted by Crippen LogP contribution is -1.91. The molecule has 0 aromatic heterocycles. The molecule has 22 heavy (non-hydrogen) atoms. The molecule has 0 saturated heterocycles. The van der Waals surface area contributed by atoms with Gasteiger partial charge in [-0.3, -0.25) is 4.79 Å². The first kappa shape index (κ1) is 19.5. The quantitative estimate of drug-likeness (QED) is 0.197. The zero-order valence-corrected chi connectivity index (χ0v) is 12.9. The molecule has 0 rings (SSSR count). The Morgan fingerprint density at radius 3 is 2.50 bits per heavy atom. The number of rotatable bonds is 11. The largest absolute Gasteiger partial charge is 0.481 e. The Balaban J connectivity index is 3.50. The van der Waals surface area contributed by atoms with Gasteiger partial charge >= 0.3 is 5.97 Å². The van der Waals surface area contributed by atoms with Crippen LogP contribution in [0.5, 0.6) is 0 Å². The van der Waals surface area contributed by atoms with Crippen molar-refractivity contribution < 1.29 is 14.6 Å². The second-order valence-electron chi connectivity index (χ2n) is 4.32. The van der Waals surface area contributed by atoms with Gasteiger partial charge in [0.25, 0.3) is 0 Å². The average molecular weight is 300 g/mol. The van der Waals surface area contributed by atoms with E-state index in [0.717, 1.165) is 25.7 Å². The maximum absolute atomic E-state index is 10.2.